The lowest BCUT2D eigenvalue weighted by molar-refractivity contribution is 0.185. The maximum absolute atomic E-state index is 5.28. The predicted octanol–water partition coefficient (Wildman–Crippen LogP) is 2.41. The third-order valence-electron chi connectivity index (χ3n) is 3.39. The number of nitrogens with zero attached hydrogens (tertiary/aromatic N) is 1. The number of benzene rings is 1. The van der Waals surface area contributed by atoms with Gasteiger partial charge in [0.1, 0.15) is 0 Å². The molecule has 0 bridgehead atoms. The second-order valence-corrected chi connectivity index (χ2v) is 5.31. The van der Waals surface area contributed by atoms with Crippen LogP contribution in [0.2, 0.25) is 0 Å². The van der Waals surface area contributed by atoms with E-state index in [4.69, 9.17) is 4.74 Å². The van der Waals surface area contributed by atoms with E-state index in [0.717, 1.165) is 13.1 Å². The van der Waals surface area contributed by atoms with Crippen LogP contribution in [0.1, 0.15) is 25.8 Å². The van der Waals surface area contributed by atoms with Gasteiger partial charge in [0.05, 0.1) is 6.61 Å². The molecular formula is C15H24N2O. The molecule has 1 N–H and O–H groups in total. The number of methoxy groups -OCH3 is 1. The molecule has 100 valence electrons. The Balaban J connectivity index is 2.04. The third kappa shape index (κ3) is 3.24. The molecule has 1 unspecified atom stereocenters. The second kappa shape index (κ2) is 6.21. The SMILES string of the molecule is COCc1ccccc1N1CCC(NC(C)C)C1. The molecule has 1 fully saturated rings. The van der Waals surface area contributed by atoms with Crippen molar-refractivity contribution in [3.8, 4) is 0 Å². The Labute approximate surface area is 110 Å². The fourth-order valence-corrected chi connectivity index (χ4v) is 2.68. The minimum atomic E-state index is 0.559. The summed E-state index contributed by atoms with van der Waals surface area (Å²) in [7, 11) is 1.75. The lowest BCUT2D eigenvalue weighted by Crippen LogP contribution is -2.37. The number of ether oxygens (including phenoxy) is 1. The highest BCUT2D eigenvalue weighted by atomic mass is 16.5. The number of nitrogens with one attached hydrogen (secondary N) is 1. The van der Waals surface area contributed by atoms with Gasteiger partial charge in [-0.05, 0) is 12.5 Å². The zero-order valence-corrected chi connectivity index (χ0v) is 11.6. The molecule has 0 saturated carbocycles. The number of rotatable bonds is 5. The smallest absolute Gasteiger partial charge is 0.0733 e. The molecule has 1 aliphatic heterocycles. The molecule has 0 amide bonds. The molecule has 0 radical (unpaired) electrons. The first-order chi connectivity index (χ1) is 8.70. The second-order valence-electron chi connectivity index (χ2n) is 5.31. The summed E-state index contributed by atoms with van der Waals surface area (Å²) < 4.78 is 5.28. The maximum atomic E-state index is 5.28. The van der Waals surface area contributed by atoms with Crippen molar-refractivity contribution in [3.63, 3.8) is 0 Å². The average molecular weight is 248 g/mol. The van der Waals surface area contributed by atoms with E-state index in [1.165, 1.54) is 17.7 Å². The Morgan fingerprint density at radius 1 is 1.39 bits per heavy atom. The molecule has 1 heterocycles. The summed E-state index contributed by atoms with van der Waals surface area (Å²) in [6.07, 6.45) is 1.22. The van der Waals surface area contributed by atoms with E-state index >= 15 is 0 Å². The number of hydrogen-bond donors (Lipinski definition) is 1. The minimum Gasteiger partial charge on any atom is -0.380 e. The predicted molar refractivity (Wildman–Crippen MR) is 76.0 cm³/mol. The van der Waals surface area contributed by atoms with Gasteiger partial charge < -0.3 is 15.0 Å². The molecule has 1 aliphatic rings. The zero-order chi connectivity index (χ0) is 13.0. The van der Waals surface area contributed by atoms with Crippen LogP contribution in [0.4, 0.5) is 5.69 Å². The van der Waals surface area contributed by atoms with Crippen molar-refractivity contribution < 1.29 is 4.74 Å². The first-order valence-corrected chi connectivity index (χ1v) is 6.78. The van der Waals surface area contributed by atoms with Crippen molar-refractivity contribution in [2.24, 2.45) is 0 Å². The van der Waals surface area contributed by atoms with Crippen LogP contribution in [0.25, 0.3) is 0 Å². The number of hydrogen-bond acceptors (Lipinski definition) is 3. The highest BCUT2D eigenvalue weighted by molar-refractivity contribution is 5.54. The van der Waals surface area contributed by atoms with Gasteiger partial charge in [0.25, 0.3) is 0 Å². The molecule has 0 aliphatic carbocycles. The van der Waals surface area contributed by atoms with E-state index in [1.54, 1.807) is 7.11 Å². The van der Waals surface area contributed by atoms with Crippen LogP contribution >= 0.6 is 0 Å². The van der Waals surface area contributed by atoms with Crippen LogP contribution in [0.3, 0.4) is 0 Å². The summed E-state index contributed by atoms with van der Waals surface area (Å²) in [5, 5.41) is 3.62. The van der Waals surface area contributed by atoms with Crippen LogP contribution in [0.15, 0.2) is 24.3 Å². The average Bonchev–Trinajstić information content (AvgIpc) is 2.77. The molecular weight excluding hydrogens is 224 g/mol. The van der Waals surface area contributed by atoms with Crippen molar-refractivity contribution >= 4 is 5.69 Å². The van der Waals surface area contributed by atoms with Gasteiger partial charge in [-0.1, -0.05) is 32.0 Å². The normalized spacial score (nSPS) is 19.8. The Kier molecular flexibility index (Phi) is 4.61. The molecule has 1 aromatic rings. The van der Waals surface area contributed by atoms with Crippen molar-refractivity contribution in [1.82, 2.24) is 5.32 Å². The Hall–Kier alpha value is -1.06. The monoisotopic (exact) mass is 248 g/mol. The summed E-state index contributed by atoms with van der Waals surface area (Å²) in [6, 6.07) is 9.72. The van der Waals surface area contributed by atoms with Crippen molar-refractivity contribution in [2.45, 2.75) is 39.0 Å². The Morgan fingerprint density at radius 2 is 2.17 bits per heavy atom. The van der Waals surface area contributed by atoms with Gasteiger partial charge in [-0.2, -0.15) is 0 Å². The highest BCUT2D eigenvalue weighted by Gasteiger charge is 2.24. The van der Waals surface area contributed by atoms with E-state index in [1.807, 2.05) is 0 Å². The largest absolute Gasteiger partial charge is 0.380 e. The van der Waals surface area contributed by atoms with Crippen LogP contribution in [0.5, 0.6) is 0 Å². The maximum Gasteiger partial charge on any atom is 0.0733 e. The van der Waals surface area contributed by atoms with Gasteiger partial charge in [-0.25, -0.2) is 0 Å². The molecule has 3 nitrogen and oxygen atoms in total. The van der Waals surface area contributed by atoms with Crippen LogP contribution in [-0.4, -0.2) is 32.3 Å². The van der Waals surface area contributed by atoms with Gasteiger partial charge in [0, 0.05) is 43.5 Å². The zero-order valence-electron chi connectivity index (χ0n) is 11.6. The van der Waals surface area contributed by atoms with Crippen LogP contribution in [-0.2, 0) is 11.3 Å². The van der Waals surface area contributed by atoms with Gasteiger partial charge >= 0.3 is 0 Å². The van der Waals surface area contributed by atoms with E-state index in [2.05, 4.69) is 48.3 Å². The molecule has 3 heteroatoms. The standard InChI is InChI=1S/C15H24N2O/c1-12(2)16-14-8-9-17(10-14)15-7-5-4-6-13(15)11-18-3/h4-7,12,14,16H,8-11H2,1-3H3. The van der Waals surface area contributed by atoms with E-state index in [9.17, 15) is 0 Å². The summed E-state index contributed by atoms with van der Waals surface area (Å²) in [6.45, 7) is 7.34. The molecule has 18 heavy (non-hydrogen) atoms. The first kappa shape index (κ1) is 13.4. The fraction of sp³-hybridized carbons (Fsp3) is 0.600. The lowest BCUT2D eigenvalue weighted by atomic mass is 10.1. The first-order valence-electron chi connectivity index (χ1n) is 6.78. The van der Waals surface area contributed by atoms with Crippen molar-refractivity contribution in [1.29, 1.82) is 0 Å². The van der Waals surface area contributed by atoms with Crippen LogP contribution in [0, 0.1) is 0 Å². The third-order valence-corrected chi connectivity index (χ3v) is 3.39. The quantitative estimate of drug-likeness (QED) is 0.866. The topological polar surface area (TPSA) is 24.5 Å². The molecule has 0 spiro atoms. The highest BCUT2D eigenvalue weighted by Crippen LogP contribution is 2.25. The summed E-state index contributed by atoms with van der Waals surface area (Å²) >= 11 is 0. The lowest BCUT2D eigenvalue weighted by Gasteiger charge is -2.22. The molecule has 0 aromatic heterocycles. The fourth-order valence-electron chi connectivity index (χ4n) is 2.68. The number of anilines is 1. The molecule has 1 saturated heterocycles. The molecule has 1 aromatic carbocycles. The Morgan fingerprint density at radius 3 is 2.89 bits per heavy atom. The summed E-state index contributed by atoms with van der Waals surface area (Å²) in [5.41, 5.74) is 2.61. The number of para-hydroxylation sites is 1. The Bertz CT molecular complexity index is 379. The summed E-state index contributed by atoms with van der Waals surface area (Å²) in [4.78, 5) is 2.47. The van der Waals surface area contributed by atoms with Gasteiger partial charge in [-0.3, -0.25) is 0 Å². The van der Waals surface area contributed by atoms with Crippen molar-refractivity contribution in [3.05, 3.63) is 29.8 Å². The van der Waals surface area contributed by atoms with E-state index in [-0.39, 0.29) is 0 Å². The van der Waals surface area contributed by atoms with Crippen LogP contribution < -0.4 is 10.2 Å². The summed E-state index contributed by atoms with van der Waals surface area (Å²) in [5.74, 6) is 0. The van der Waals surface area contributed by atoms with Crippen molar-refractivity contribution in [2.75, 3.05) is 25.1 Å². The van der Waals surface area contributed by atoms with E-state index < -0.39 is 0 Å². The van der Waals surface area contributed by atoms with Gasteiger partial charge in [0.15, 0.2) is 0 Å². The van der Waals surface area contributed by atoms with Gasteiger partial charge in [0.2, 0.25) is 0 Å². The minimum absolute atomic E-state index is 0.559. The van der Waals surface area contributed by atoms with E-state index in [0.29, 0.717) is 18.7 Å². The van der Waals surface area contributed by atoms with Gasteiger partial charge in [-0.15, -0.1) is 0 Å². The molecule has 1 atom stereocenters. The molecule has 2 rings (SSSR count).